The molecular formula is C9H18N2O5S2. The van der Waals surface area contributed by atoms with Gasteiger partial charge in [0.05, 0.1) is 17.2 Å². The molecule has 1 heterocycles. The molecule has 7 nitrogen and oxygen atoms in total. The van der Waals surface area contributed by atoms with Gasteiger partial charge in [0.2, 0.25) is 10.0 Å². The number of nitrogens with zero attached hydrogens (tertiary/aromatic N) is 2. The third kappa shape index (κ3) is 4.21. The van der Waals surface area contributed by atoms with E-state index in [0.29, 0.717) is 12.1 Å². The number of rotatable bonds is 4. The fourth-order valence-corrected chi connectivity index (χ4v) is 4.91. The summed E-state index contributed by atoms with van der Waals surface area (Å²) >= 11 is 0. The summed E-state index contributed by atoms with van der Waals surface area (Å²) in [6, 6.07) is 0. The number of hydrogen-bond donors (Lipinski definition) is 1. The Hall–Kier alpha value is -0.670. The molecule has 0 saturated carbocycles. The topological polar surface area (TPSA) is 104 Å². The molecule has 0 aromatic rings. The van der Waals surface area contributed by atoms with Crippen LogP contribution in [0.25, 0.3) is 0 Å². The standard InChI is InChI=1S/C9H18N2O5S2/c1-8-7-11(4-3-9(8)10-12)18(15,16)6-5-17(2,13)14/h8,12H,3-7H2,1-2H3. The Bertz CT molecular complexity index is 523. The second-order valence-corrected chi connectivity index (χ2v) is 8.89. The average molecular weight is 298 g/mol. The summed E-state index contributed by atoms with van der Waals surface area (Å²) in [6.07, 6.45) is 1.38. The van der Waals surface area contributed by atoms with Crippen molar-refractivity contribution in [1.29, 1.82) is 0 Å². The Morgan fingerprint density at radius 2 is 1.94 bits per heavy atom. The van der Waals surface area contributed by atoms with E-state index in [4.69, 9.17) is 5.21 Å². The molecule has 18 heavy (non-hydrogen) atoms. The monoisotopic (exact) mass is 298 g/mol. The summed E-state index contributed by atoms with van der Waals surface area (Å²) in [5.41, 5.74) is 0.574. The minimum atomic E-state index is -3.56. The van der Waals surface area contributed by atoms with E-state index in [1.165, 1.54) is 4.31 Å². The molecule has 9 heteroatoms. The van der Waals surface area contributed by atoms with E-state index in [1.54, 1.807) is 6.92 Å². The van der Waals surface area contributed by atoms with Crippen LogP contribution < -0.4 is 0 Å². The van der Waals surface area contributed by atoms with Crippen molar-refractivity contribution in [2.24, 2.45) is 11.1 Å². The Kier molecular flexibility index (Phi) is 4.73. The predicted octanol–water partition coefficient (Wildman–Crippen LogP) is -0.467. The fraction of sp³-hybridized carbons (Fsp3) is 0.889. The lowest BCUT2D eigenvalue weighted by Crippen LogP contribution is -2.44. The zero-order chi connectivity index (χ0) is 14.0. The number of sulfone groups is 1. The molecule has 1 atom stereocenters. The highest BCUT2D eigenvalue weighted by atomic mass is 32.2. The van der Waals surface area contributed by atoms with Gasteiger partial charge in [-0.25, -0.2) is 21.1 Å². The zero-order valence-electron chi connectivity index (χ0n) is 10.4. The molecule has 1 aliphatic heterocycles. The molecule has 0 amide bonds. The first-order valence-corrected chi connectivity index (χ1v) is 9.19. The maximum Gasteiger partial charge on any atom is 0.215 e. The van der Waals surface area contributed by atoms with E-state index >= 15 is 0 Å². The Morgan fingerprint density at radius 3 is 2.39 bits per heavy atom. The van der Waals surface area contributed by atoms with E-state index in [1.807, 2.05) is 0 Å². The number of sulfonamides is 1. The molecule has 1 N–H and O–H groups in total. The van der Waals surface area contributed by atoms with Crippen LogP contribution in [0.15, 0.2) is 5.16 Å². The average Bonchev–Trinajstić information content (AvgIpc) is 2.25. The molecule has 0 aliphatic carbocycles. The van der Waals surface area contributed by atoms with Gasteiger partial charge in [-0.3, -0.25) is 0 Å². The summed E-state index contributed by atoms with van der Waals surface area (Å²) in [7, 11) is -6.86. The number of piperidine rings is 1. The summed E-state index contributed by atoms with van der Waals surface area (Å²) < 4.78 is 47.1. The van der Waals surface area contributed by atoms with Crippen LogP contribution >= 0.6 is 0 Å². The summed E-state index contributed by atoms with van der Waals surface area (Å²) in [6.45, 7) is 2.23. The lowest BCUT2D eigenvalue weighted by Gasteiger charge is -2.30. The number of hydrogen-bond acceptors (Lipinski definition) is 6. The van der Waals surface area contributed by atoms with Gasteiger partial charge in [-0.1, -0.05) is 12.1 Å². The molecule has 1 fully saturated rings. The van der Waals surface area contributed by atoms with E-state index in [-0.39, 0.29) is 24.8 Å². The van der Waals surface area contributed by atoms with Gasteiger partial charge >= 0.3 is 0 Å². The third-order valence-electron chi connectivity index (χ3n) is 2.90. The first kappa shape index (κ1) is 15.4. The van der Waals surface area contributed by atoms with Crippen molar-refractivity contribution in [1.82, 2.24) is 4.31 Å². The second kappa shape index (κ2) is 5.54. The molecule has 0 bridgehead atoms. The normalized spacial score (nSPS) is 25.4. The maximum atomic E-state index is 11.9. The van der Waals surface area contributed by atoms with Crippen LogP contribution in [0.3, 0.4) is 0 Å². The van der Waals surface area contributed by atoms with Crippen LogP contribution in [0, 0.1) is 5.92 Å². The molecule has 0 spiro atoms. The Balaban J connectivity index is 2.71. The lowest BCUT2D eigenvalue weighted by atomic mass is 10.00. The van der Waals surface area contributed by atoms with E-state index in [9.17, 15) is 16.8 Å². The summed E-state index contributed by atoms with van der Waals surface area (Å²) in [5, 5.41) is 11.8. The minimum Gasteiger partial charge on any atom is -0.411 e. The molecule has 1 aliphatic rings. The summed E-state index contributed by atoms with van der Waals surface area (Å²) in [5.74, 6) is -0.928. The third-order valence-corrected chi connectivity index (χ3v) is 5.94. The van der Waals surface area contributed by atoms with Crippen LogP contribution in [0.5, 0.6) is 0 Å². The van der Waals surface area contributed by atoms with E-state index < -0.39 is 25.6 Å². The first-order valence-electron chi connectivity index (χ1n) is 5.52. The molecular weight excluding hydrogens is 280 g/mol. The van der Waals surface area contributed by atoms with Crippen molar-refractivity contribution >= 4 is 25.6 Å². The van der Waals surface area contributed by atoms with Crippen LogP contribution in [0.2, 0.25) is 0 Å². The van der Waals surface area contributed by atoms with Crippen molar-refractivity contribution < 1.29 is 22.0 Å². The molecule has 0 radical (unpaired) electrons. The first-order chi connectivity index (χ1) is 8.15. The van der Waals surface area contributed by atoms with Crippen molar-refractivity contribution in [3.05, 3.63) is 0 Å². The highest BCUT2D eigenvalue weighted by Crippen LogP contribution is 2.17. The van der Waals surface area contributed by atoms with Gasteiger partial charge < -0.3 is 5.21 Å². The van der Waals surface area contributed by atoms with Gasteiger partial charge in [-0.05, 0) is 0 Å². The predicted molar refractivity (Wildman–Crippen MR) is 68.1 cm³/mol. The molecule has 1 saturated heterocycles. The van der Waals surface area contributed by atoms with Crippen LogP contribution in [0.1, 0.15) is 13.3 Å². The second-order valence-electron chi connectivity index (χ2n) is 4.55. The quantitative estimate of drug-likeness (QED) is 0.558. The van der Waals surface area contributed by atoms with Crippen molar-refractivity contribution in [2.75, 3.05) is 30.9 Å². The minimum absolute atomic E-state index is 0.156. The van der Waals surface area contributed by atoms with Crippen molar-refractivity contribution in [2.45, 2.75) is 13.3 Å². The smallest absolute Gasteiger partial charge is 0.215 e. The van der Waals surface area contributed by atoms with Gasteiger partial charge in [0.25, 0.3) is 0 Å². The highest BCUT2D eigenvalue weighted by molar-refractivity contribution is 7.93. The van der Waals surface area contributed by atoms with Gasteiger partial charge in [0.15, 0.2) is 0 Å². The van der Waals surface area contributed by atoms with Gasteiger partial charge in [0, 0.05) is 31.7 Å². The van der Waals surface area contributed by atoms with Crippen LogP contribution in [-0.2, 0) is 19.9 Å². The van der Waals surface area contributed by atoms with Crippen molar-refractivity contribution in [3.63, 3.8) is 0 Å². The van der Waals surface area contributed by atoms with Gasteiger partial charge in [-0.2, -0.15) is 0 Å². The van der Waals surface area contributed by atoms with E-state index in [2.05, 4.69) is 5.16 Å². The van der Waals surface area contributed by atoms with Crippen molar-refractivity contribution in [3.8, 4) is 0 Å². The highest BCUT2D eigenvalue weighted by Gasteiger charge is 2.30. The van der Waals surface area contributed by atoms with Gasteiger partial charge in [0.1, 0.15) is 9.84 Å². The van der Waals surface area contributed by atoms with Crippen LogP contribution in [-0.4, -0.2) is 62.9 Å². The molecule has 0 aromatic carbocycles. The fourth-order valence-electron chi connectivity index (χ4n) is 1.77. The largest absolute Gasteiger partial charge is 0.411 e. The summed E-state index contributed by atoms with van der Waals surface area (Å²) in [4.78, 5) is 0. The van der Waals surface area contributed by atoms with E-state index in [0.717, 1.165) is 6.26 Å². The number of oxime groups is 1. The SMILES string of the molecule is CC1CN(S(=O)(=O)CCS(C)(=O)=O)CCC1=NO. The maximum absolute atomic E-state index is 11.9. The molecule has 1 rings (SSSR count). The lowest BCUT2D eigenvalue weighted by molar-refractivity contribution is 0.300. The molecule has 0 aromatic heterocycles. The molecule has 1 unspecified atom stereocenters. The van der Waals surface area contributed by atoms with Crippen LogP contribution in [0.4, 0.5) is 0 Å². The van der Waals surface area contributed by atoms with Gasteiger partial charge in [-0.15, -0.1) is 0 Å². The Labute approximate surface area is 107 Å². The Morgan fingerprint density at radius 1 is 1.33 bits per heavy atom. The zero-order valence-corrected chi connectivity index (χ0v) is 12.0. The molecule has 106 valence electrons.